The van der Waals surface area contributed by atoms with E-state index in [1.807, 2.05) is 22.8 Å². The minimum absolute atomic E-state index is 0.184. The Morgan fingerprint density at radius 1 is 1.24 bits per heavy atom. The zero-order valence-electron chi connectivity index (χ0n) is 15.2. The molecule has 0 saturated heterocycles. The third kappa shape index (κ3) is 2.92. The van der Waals surface area contributed by atoms with Crippen LogP contribution in [0.4, 0.5) is 10.2 Å². The Kier molecular flexibility index (Phi) is 4.02. The molecule has 5 rings (SSSR count). The van der Waals surface area contributed by atoms with E-state index in [1.54, 1.807) is 18.3 Å². The van der Waals surface area contributed by atoms with Gasteiger partial charge in [-0.1, -0.05) is 0 Å². The van der Waals surface area contributed by atoms with Crippen LogP contribution in [0.25, 0.3) is 16.7 Å². The molecule has 1 atom stereocenters. The number of hydrogen-bond donors (Lipinski definition) is 3. The molecule has 1 aliphatic rings. The molecule has 3 aromatic heterocycles. The van der Waals surface area contributed by atoms with E-state index >= 15 is 0 Å². The topological polar surface area (TPSA) is 111 Å². The van der Waals surface area contributed by atoms with Crippen molar-refractivity contribution < 1.29 is 9.13 Å². The maximum absolute atomic E-state index is 13.5. The highest BCUT2D eigenvalue weighted by atomic mass is 19.1. The highest BCUT2D eigenvalue weighted by Gasteiger charge is 2.29. The van der Waals surface area contributed by atoms with E-state index in [4.69, 9.17) is 10.5 Å². The zero-order valence-corrected chi connectivity index (χ0v) is 15.2. The maximum atomic E-state index is 13.5. The van der Waals surface area contributed by atoms with Crippen LogP contribution in [0, 0.1) is 5.82 Å². The van der Waals surface area contributed by atoms with Gasteiger partial charge in [-0.3, -0.25) is 9.55 Å². The average molecular weight is 392 g/mol. The normalized spacial score (nSPS) is 16.2. The lowest BCUT2D eigenvalue weighted by Gasteiger charge is -2.21. The summed E-state index contributed by atoms with van der Waals surface area (Å²) in [5, 5.41) is 4.32. The van der Waals surface area contributed by atoms with Crippen molar-refractivity contribution in [3.8, 4) is 11.6 Å². The van der Waals surface area contributed by atoms with E-state index in [2.05, 4.69) is 20.3 Å². The minimum Gasteiger partial charge on any atom is -0.476 e. The number of nitrogen functional groups attached to an aromatic ring is 1. The highest BCUT2D eigenvalue weighted by molar-refractivity contribution is 5.80. The largest absolute Gasteiger partial charge is 0.476 e. The Morgan fingerprint density at radius 3 is 2.90 bits per heavy atom. The first-order chi connectivity index (χ1) is 14.1. The lowest BCUT2D eigenvalue weighted by Crippen LogP contribution is -2.27. The number of fused-ring (bicyclic) bond motifs is 2. The molecule has 29 heavy (non-hydrogen) atoms. The summed E-state index contributed by atoms with van der Waals surface area (Å²) in [5.41, 5.74) is 8.42. The van der Waals surface area contributed by atoms with Gasteiger partial charge in [0.25, 0.3) is 0 Å². The lowest BCUT2D eigenvalue weighted by molar-refractivity contribution is 0.312. The van der Waals surface area contributed by atoms with Crippen LogP contribution in [-0.4, -0.2) is 32.7 Å². The number of hydrogen-bond acceptors (Lipinski definition) is 6. The number of benzene rings is 1. The molecule has 4 heterocycles. The van der Waals surface area contributed by atoms with Gasteiger partial charge >= 0.3 is 5.69 Å². The summed E-state index contributed by atoms with van der Waals surface area (Å²) in [7, 11) is 0. The highest BCUT2D eigenvalue weighted by Crippen LogP contribution is 2.36. The smallest absolute Gasteiger partial charge is 0.349 e. The molecule has 0 aliphatic carbocycles. The molecule has 0 fully saturated rings. The van der Waals surface area contributed by atoms with Crippen LogP contribution in [0.15, 0.2) is 53.5 Å². The van der Waals surface area contributed by atoms with Gasteiger partial charge in [0.2, 0.25) is 5.88 Å². The molecule has 1 unspecified atom stereocenters. The van der Waals surface area contributed by atoms with Crippen molar-refractivity contribution in [2.75, 3.05) is 18.9 Å². The zero-order chi connectivity index (χ0) is 20.0. The second-order valence-electron chi connectivity index (χ2n) is 6.71. The van der Waals surface area contributed by atoms with Crippen LogP contribution in [0.1, 0.15) is 17.3 Å². The predicted octanol–water partition coefficient (Wildman–Crippen LogP) is 1.90. The van der Waals surface area contributed by atoms with Gasteiger partial charge in [-0.25, -0.2) is 14.2 Å². The molecule has 9 heteroatoms. The third-order valence-electron chi connectivity index (χ3n) is 4.91. The van der Waals surface area contributed by atoms with Crippen LogP contribution in [0.2, 0.25) is 0 Å². The molecule has 4 aromatic rings. The van der Waals surface area contributed by atoms with Crippen molar-refractivity contribution in [3.63, 3.8) is 0 Å². The molecule has 1 aliphatic heterocycles. The fourth-order valence-corrected chi connectivity index (χ4v) is 3.70. The van der Waals surface area contributed by atoms with Crippen LogP contribution in [0.5, 0.6) is 5.88 Å². The first kappa shape index (κ1) is 17.4. The number of nitrogens with zero attached hydrogens (tertiary/aromatic N) is 3. The monoisotopic (exact) mass is 392 g/mol. The number of nitrogens with two attached hydrogens (primary N) is 1. The molecule has 0 amide bonds. The molecule has 0 spiro atoms. The van der Waals surface area contributed by atoms with Crippen molar-refractivity contribution in [2.24, 2.45) is 0 Å². The summed E-state index contributed by atoms with van der Waals surface area (Å²) >= 11 is 0. The molecular formula is C20H17FN6O2. The molecule has 146 valence electrons. The van der Waals surface area contributed by atoms with E-state index in [0.717, 1.165) is 22.4 Å². The Labute approximate surface area is 164 Å². The van der Waals surface area contributed by atoms with Gasteiger partial charge in [0, 0.05) is 29.5 Å². The van der Waals surface area contributed by atoms with Gasteiger partial charge in [-0.15, -0.1) is 0 Å². The van der Waals surface area contributed by atoms with Gasteiger partial charge in [0.05, 0.1) is 11.6 Å². The van der Waals surface area contributed by atoms with Crippen molar-refractivity contribution in [2.45, 2.75) is 6.04 Å². The van der Waals surface area contributed by atoms with Crippen LogP contribution >= 0.6 is 0 Å². The van der Waals surface area contributed by atoms with E-state index in [9.17, 15) is 9.18 Å². The number of halogens is 1. The Bertz CT molecular complexity index is 1260. The number of nitrogens with one attached hydrogen (secondary N) is 2. The van der Waals surface area contributed by atoms with Crippen molar-refractivity contribution in [1.82, 2.24) is 24.8 Å². The summed E-state index contributed by atoms with van der Waals surface area (Å²) in [5.74, 6) is 0.0606. The SMILES string of the molecule is Nc1[nH]c(=O)nc2c1C(c1cc3cccnc3n1-c1ccc(F)cc1)NCCO2. The third-order valence-corrected chi connectivity index (χ3v) is 4.91. The van der Waals surface area contributed by atoms with Gasteiger partial charge in [-0.2, -0.15) is 4.98 Å². The molecule has 0 radical (unpaired) electrons. The Hall–Kier alpha value is -3.72. The van der Waals surface area contributed by atoms with Crippen molar-refractivity contribution >= 4 is 16.9 Å². The summed E-state index contributed by atoms with van der Waals surface area (Å²) in [6.07, 6.45) is 1.71. The second kappa shape index (κ2) is 6.71. The summed E-state index contributed by atoms with van der Waals surface area (Å²) in [6.45, 7) is 0.863. The number of aromatic nitrogens is 4. The molecule has 1 aromatic carbocycles. The molecule has 8 nitrogen and oxygen atoms in total. The van der Waals surface area contributed by atoms with E-state index in [-0.39, 0.29) is 17.5 Å². The minimum atomic E-state index is -0.567. The Balaban J connectivity index is 1.79. The summed E-state index contributed by atoms with van der Waals surface area (Å²) in [4.78, 5) is 22.8. The number of rotatable bonds is 2. The molecular weight excluding hydrogens is 375 g/mol. The standard InChI is InChI=1S/C20H17FN6O2/c21-12-3-5-13(6-4-12)27-14(10-11-2-1-7-24-18(11)27)16-15-17(22)25-20(28)26-19(15)29-9-8-23-16/h1-7,10,16,23H,8-9H2,(H3,22,25,26,28). The number of aromatic amines is 1. The fourth-order valence-electron chi connectivity index (χ4n) is 3.70. The van der Waals surface area contributed by atoms with Crippen LogP contribution in [0.3, 0.4) is 0 Å². The van der Waals surface area contributed by atoms with E-state index in [1.165, 1.54) is 12.1 Å². The number of pyridine rings is 1. The Morgan fingerprint density at radius 2 is 2.07 bits per heavy atom. The number of H-pyrrole nitrogens is 1. The quantitative estimate of drug-likeness (QED) is 0.481. The van der Waals surface area contributed by atoms with Crippen LogP contribution < -0.4 is 21.5 Å². The van der Waals surface area contributed by atoms with Crippen LogP contribution in [-0.2, 0) is 0 Å². The van der Waals surface area contributed by atoms with Gasteiger partial charge < -0.3 is 15.8 Å². The first-order valence-electron chi connectivity index (χ1n) is 9.10. The van der Waals surface area contributed by atoms with E-state index in [0.29, 0.717) is 18.7 Å². The summed E-state index contributed by atoms with van der Waals surface area (Å²) in [6, 6.07) is 11.6. The average Bonchev–Trinajstić information content (AvgIpc) is 2.95. The predicted molar refractivity (Wildman–Crippen MR) is 106 cm³/mol. The molecule has 0 bridgehead atoms. The van der Waals surface area contributed by atoms with Gasteiger partial charge in [0.1, 0.15) is 23.9 Å². The second-order valence-corrected chi connectivity index (χ2v) is 6.71. The summed E-state index contributed by atoms with van der Waals surface area (Å²) < 4.78 is 21.1. The van der Waals surface area contributed by atoms with Gasteiger partial charge in [0.15, 0.2) is 0 Å². The van der Waals surface area contributed by atoms with Gasteiger partial charge in [-0.05, 0) is 42.5 Å². The van der Waals surface area contributed by atoms with Crippen molar-refractivity contribution in [3.05, 3.63) is 76.2 Å². The number of ether oxygens (including phenoxy) is 1. The fraction of sp³-hybridized carbons (Fsp3) is 0.150. The maximum Gasteiger partial charge on any atom is 0.349 e. The first-order valence-corrected chi connectivity index (χ1v) is 9.10. The molecule has 0 saturated carbocycles. The molecule has 4 N–H and O–H groups in total. The van der Waals surface area contributed by atoms with E-state index < -0.39 is 11.7 Å². The number of anilines is 1. The van der Waals surface area contributed by atoms with Crippen molar-refractivity contribution in [1.29, 1.82) is 0 Å². The lowest BCUT2D eigenvalue weighted by atomic mass is 10.0.